The number of Topliss-reactive ketones (excluding diaryl/α,β-unsaturated/α-hetero) is 1. The Morgan fingerprint density at radius 2 is 2.38 bits per heavy atom. The molecule has 0 unspecified atom stereocenters. The van der Waals surface area contributed by atoms with E-state index >= 15 is 0 Å². The van der Waals surface area contributed by atoms with Crippen LogP contribution < -0.4 is 0 Å². The molecule has 0 aliphatic carbocycles. The van der Waals surface area contributed by atoms with Gasteiger partial charge in [0.15, 0.2) is 5.78 Å². The molecule has 4 nitrogen and oxygen atoms in total. The molecule has 2 bridgehead atoms. The van der Waals surface area contributed by atoms with Crippen molar-refractivity contribution in [3.63, 3.8) is 0 Å². The fraction of sp³-hybridized carbons (Fsp3) is 0.500. The lowest BCUT2D eigenvalue weighted by molar-refractivity contribution is -0.138. The van der Waals surface area contributed by atoms with Crippen LogP contribution in [0, 0.1) is 0 Å². The number of hydrogen-bond acceptors (Lipinski definition) is 4. The van der Waals surface area contributed by atoms with Crippen molar-refractivity contribution >= 4 is 27.7 Å². The molecule has 0 amide bonds. The second-order valence-electron chi connectivity index (χ2n) is 2.93. The zero-order chi connectivity index (χ0) is 9.59. The zero-order valence-corrected chi connectivity index (χ0v) is 8.46. The largest absolute Gasteiger partial charge is 0.466 e. The molecular weight excluding hydrogens is 240 g/mol. The summed E-state index contributed by atoms with van der Waals surface area (Å²) in [7, 11) is 1.28. The molecule has 70 valence electrons. The first-order valence-corrected chi connectivity index (χ1v) is 4.60. The zero-order valence-electron chi connectivity index (χ0n) is 6.87. The number of ether oxygens (including phenoxy) is 2. The van der Waals surface area contributed by atoms with E-state index in [4.69, 9.17) is 4.74 Å². The van der Waals surface area contributed by atoms with Crippen LogP contribution in [-0.4, -0.2) is 31.1 Å². The van der Waals surface area contributed by atoms with Gasteiger partial charge in [0, 0.05) is 10.9 Å². The Kier molecular flexibility index (Phi) is 2.00. The highest BCUT2D eigenvalue weighted by atomic mass is 79.9. The molecule has 0 aromatic heterocycles. The van der Waals surface area contributed by atoms with E-state index in [2.05, 4.69) is 20.7 Å². The van der Waals surface area contributed by atoms with Crippen LogP contribution >= 0.6 is 15.9 Å². The van der Waals surface area contributed by atoms with E-state index in [1.807, 2.05) is 0 Å². The molecule has 2 aliphatic heterocycles. The predicted octanol–water partition coefficient (Wildman–Crippen LogP) is 0.549. The number of carbonyl (C=O) groups excluding carboxylic acids is 2. The number of halogens is 1. The summed E-state index contributed by atoms with van der Waals surface area (Å²) >= 11 is 3.23. The minimum Gasteiger partial charge on any atom is -0.466 e. The van der Waals surface area contributed by atoms with Crippen molar-refractivity contribution in [1.82, 2.24) is 0 Å². The summed E-state index contributed by atoms with van der Waals surface area (Å²) in [5.74, 6) is -0.541. The van der Waals surface area contributed by atoms with Crippen LogP contribution in [0.2, 0.25) is 0 Å². The SMILES string of the molecule is COC(=O)C1=C(Br)[C@@H]2CC(=O)[C@H]1O2. The van der Waals surface area contributed by atoms with Crippen molar-refractivity contribution in [2.45, 2.75) is 18.6 Å². The van der Waals surface area contributed by atoms with E-state index in [1.165, 1.54) is 7.11 Å². The second-order valence-corrected chi connectivity index (χ2v) is 3.78. The van der Waals surface area contributed by atoms with E-state index < -0.39 is 12.1 Å². The van der Waals surface area contributed by atoms with Crippen LogP contribution in [0.5, 0.6) is 0 Å². The summed E-state index contributed by atoms with van der Waals surface area (Å²) in [6.07, 6.45) is -0.621. The van der Waals surface area contributed by atoms with E-state index in [0.29, 0.717) is 16.5 Å². The molecule has 0 aromatic carbocycles. The summed E-state index contributed by atoms with van der Waals surface area (Å²) in [6, 6.07) is 0. The molecule has 1 fully saturated rings. The molecule has 13 heavy (non-hydrogen) atoms. The van der Waals surface area contributed by atoms with Crippen molar-refractivity contribution < 1.29 is 19.1 Å². The van der Waals surface area contributed by atoms with E-state index in [0.717, 1.165) is 0 Å². The molecular formula is C8H7BrO4. The van der Waals surface area contributed by atoms with Crippen molar-refractivity contribution in [3.8, 4) is 0 Å². The average molecular weight is 247 g/mol. The van der Waals surface area contributed by atoms with Gasteiger partial charge in [-0.1, -0.05) is 15.9 Å². The third-order valence-corrected chi connectivity index (χ3v) is 3.12. The maximum Gasteiger partial charge on any atom is 0.337 e. The van der Waals surface area contributed by atoms with Crippen LogP contribution in [0.15, 0.2) is 10.1 Å². The number of carbonyl (C=O) groups is 2. The van der Waals surface area contributed by atoms with Gasteiger partial charge in [-0.2, -0.15) is 0 Å². The highest BCUT2D eigenvalue weighted by molar-refractivity contribution is 9.11. The molecule has 2 atom stereocenters. The van der Waals surface area contributed by atoms with Crippen molar-refractivity contribution in [3.05, 3.63) is 10.1 Å². The Balaban J connectivity index is 2.37. The minimum atomic E-state index is -0.702. The Bertz CT molecular complexity index is 320. The van der Waals surface area contributed by atoms with Gasteiger partial charge >= 0.3 is 5.97 Å². The van der Waals surface area contributed by atoms with Gasteiger partial charge in [0.2, 0.25) is 0 Å². The number of hydrogen-bond donors (Lipinski definition) is 0. The summed E-state index contributed by atoms with van der Waals surface area (Å²) in [5, 5.41) is 0. The van der Waals surface area contributed by atoms with Crippen molar-refractivity contribution in [1.29, 1.82) is 0 Å². The molecule has 0 saturated carbocycles. The Morgan fingerprint density at radius 3 is 2.92 bits per heavy atom. The maximum atomic E-state index is 11.2. The number of rotatable bonds is 1. The number of methoxy groups -OCH3 is 1. The average Bonchev–Trinajstić information content (AvgIpc) is 2.60. The van der Waals surface area contributed by atoms with Crippen LogP contribution in [0.1, 0.15) is 6.42 Å². The molecule has 0 radical (unpaired) electrons. The summed E-state index contributed by atoms with van der Waals surface area (Å²) in [6.45, 7) is 0. The van der Waals surface area contributed by atoms with Gasteiger partial charge in [0.05, 0.1) is 18.8 Å². The van der Waals surface area contributed by atoms with Gasteiger partial charge in [-0.3, -0.25) is 4.79 Å². The Labute approximate surface area is 83.0 Å². The third-order valence-electron chi connectivity index (χ3n) is 2.19. The number of ketones is 1. The Hall–Kier alpha value is -0.680. The molecule has 1 saturated heterocycles. The standard InChI is InChI=1S/C8H7BrO4/c1-12-8(11)5-6(9)4-2-3(10)7(5)13-4/h4,7H,2H2,1H3/t4-,7+/m0/s1. The van der Waals surface area contributed by atoms with Crippen LogP contribution in [-0.2, 0) is 19.1 Å². The minimum absolute atomic E-state index is 0.0476. The van der Waals surface area contributed by atoms with E-state index in [9.17, 15) is 9.59 Å². The van der Waals surface area contributed by atoms with Gasteiger partial charge in [-0.05, 0) is 0 Å². The summed E-state index contributed by atoms with van der Waals surface area (Å²) < 4.78 is 10.5. The molecule has 5 heteroatoms. The lowest BCUT2D eigenvalue weighted by atomic mass is 9.98. The molecule has 0 spiro atoms. The topological polar surface area (TPSA) is 52.6 Å². The van der Waals surface area contributed by atoms with Gasteiger partial charge in [0.1, 0.15) is 6.10 Å². The normalized spacial score (nSPS) is 31.4. The van der Waals surface area contributed by atoms with Crippen molar-refractivity contribution in [2.24, 2.45) is 0 Å². The molecule has 2 rings (SSSR count). The monoisotopic (exact) mass is 246 g/mol. The molecule has 0 aromatic rings. The molecule has 2 aliphatic rings. The van der Waals surface area contributed by atoms with Gasteiger partial charge in [-0.25, -0.2) is 4.79 Å². The first-order valence-electron chi connectivity index (χ1n) is 3.81. The first-order chi connectivity index (χ1) is 6.15. The third kappa shape index (κ3) is 1.14. The highest BCUT2D eigenvalue weighted by Gasteiger charge is 2.48. The molecule has 0 N–H and O–H groups in total. The van der Waals surface area contributed by atoms with Gasteiger partial charge in [-0.15, -0.1) is 0 Å². The fourth-order valence-electron chi connectivity index (χ4n) is 1.57. The predicted molar refractivity (Wildman–Crippen MR) is 46.3 cm³/mol. The second kappa shape index (κ2) is 2.92. The lowest BCUT2D eigenvalue weighted by Crippen LogP contribution is -2.24. The first kappa shape index (κ1) is 8.90. The van der Waals surface area contributed by atoms with Gasteiger partial charge < -0.3 is 9.47 Å². The fourth-order valence-corrected chi connectivity index (χ4v) is 2.21. The quantitative estimate of drug-likeness (QED) is 0.635. The lowest BCUT2D eigenvalue weighted by Gasteiger charge is -2.09. The number of fused-ring (bicyclic) bond motifs is 2. The van der Waals surface area contributed by atoms with E-state index in [-0.39, 0.29) is 11.9 Å². The van der Waals surface area contributed by atoms with Crippen LogP contribution in [0.3, 0.4) is 0 Å². The van der Waals surface area contributed by atoms with Gasteiger partial charge in [0.25, 0.3) is 0 Å². The number of esters is 1. The van der Waals surface area contributed by atoms with Crippen molar-refractivity contribution in [2.75, 3.05) is 7.11 Å². The summed E-state index contributed by atoms with van der Waals surface area (Å²) in [5.41, 5.74) is 0.323. The van der Waals surface area contributed by atoms with Crippen LogP contribution in [0.25, 0.3) is 0 Å². The highest BCUT2D eigenvalue weighted by Crippen LogP contribution is 2.40. The smallest absolute Gasteiger partial charge is 0.337 e. The molecule has 2 heterocycles. The van der Waals surface area contributed by atoms with E-state index in [1.54, 1.807) is 0 Å². The summed E-state index contributed by atoms with van der Waals surface area (Å²) in [4.78, 5) is 22.4. The Morgan fingerprint density at radius 1 is 1.69 bits per heavy atom. The van der Waals surface area contributed by atoms with Crippen LogP contribution in [0.4, 0.5) is 0 Å². The maximum absolute atomic E-state index is 11.2.